The topological polar surface area (TPSA) is 86.7 Å². The number of carboxylic acid groups (broad SMARTS) is 1. The summed E-state index contributed by atoms with van der Waals surface area (Å²) in [6.07, 6.45) is 4.34. The van der Waals surface area contributed by atoms with Crippen LogP contribution in [0.5, 0.6) is 0 Å². The molecule has 0 radical (unpaired) electrons. The third-order valence-electron chi connectivity index (χ3n) is 4.49. The second-order valence-corrected chi connectivity index (χ2v) is 7.83. The lowest BCUT2D eigenvalue weighted by atomic mass is 10.0. The van der Waals surface area contributed by atoms with E-state index >= 15 is 0 Å². The Kier molecular flexibility index (Phi) is 6.33. The summed E-state index contributed by atoms with van der Waals surface area (Å²) < 4.78 is 0. The van der Waals surface area contributed by atoms with E-state index in [0.717, 1.165) is 25.7 Å². The quantitative estimate of drug-likeness (QED) is 0.767. The predicted molar refractivity (Wildman–Crippen MR) is 88.9 cm³/mol. The lowest BCUT2D eigenvalue weighted by molar-refractivity contribution is -0.145. The van der Waals surface area contributed by atoms with Gasteiger partial charge in [0.25, 0.3) is 0 Å². The van der Waals surface area contributed by atoms with Crippen LogP contribution in [0.3, 0.4) is 0 Å². The first-order chi connectivity index (χ1) is 10.9. The van der Waals surface area contributed by atoms with Gasteiger partial charge in [-0.2, -0.15) is 0 Å². The van der Waals surface area contributed by atoms with Crippen LogP contribution in [0.15, 0.2) is 0 Å². The van der Waals surface area contributed by atoms with Crippen molar-refractivity contribution in [3.8, 4) is 0 Å². The number of nitrogens with one attached hydrogen (secondary N) is 1. The van der Waals surface area contributed by atoms with Crippen LogP contribution >= 0.6 is 11.8 Å². The highest BCUT2D eigenvalue weighted by Gasteiger charge is 2.39. The molecular weight excluding hydrogens is 316 g/mol. The molecule has 0 aromatic rings. The molecule has 7 heteroatoms. The third-order valence-corrected chi connectivity index (χ3v) is 5.51. The fourth-order valence-corrected chi connectivity index (χ4v) is 4.41. The number of hydrogen-bond donors (Lipinski definition) is 2. The van der Waals surface area contributed by atoms with E-state index in [2.05, 4.69) is 5.32 Å². The van der Waals surface area contributed by atoms with Crippen LogP contribution in [0, 0.1) is 11.8 Å². The number of carboxylic acids is 1. The number of amides is 2. The van der Waals surface area contributed by atoms with E-state index in [1.54, 1.807) is 16.7 Å². The summed E-state index contributed by atoms with van der Waals surface area (Å²) in [4.78, 5) is 38.0. The number of aliphatic carboxylic acids is 1. The molecule has 1 saturated carbocycles. The summed E-state index contributed by atoms with van der Waals surface area (Å²) in [6.45, 7) is 3.84. The third kappa shape index (κ3) is 4.62. The maximum absolute atomic E-state index is 12.6. The van der Waals surface area contributed by atoms with Crippen molar-refractivity contribution >= 4 is 29.5 Å². The maximum Gasteiger partial charge on any atom is 0.326 e. The Morgan fingerprint density at radius 3 is 2.48 bits per heavy atom. The molecule has 1 saturated heterocycles. The van der Waals surface area contributed by atoms with E-state index in [-0.39, 0.29) is 23.7 Å². The molecule has 1 aliphatic heterocycles. The summed E-state index contributed by atoms with van der Waals surface area (Å²) in [6, 6.07) is -1.43. The van der Waals surface area contributed by atoms with Crippen LogP contribution in [0.2, 0.25) is 0 Å². The van der Waals surface area contributed by atoms with Gasteiger partial charge in [-0.05, 0) is 25.2 Å². The van der Waals surface area contributed by atoms with Crippen molar-refractivity contribution in [2.75, 3.05) is 11.6 Å². The molecule has 2 amide bonds. The zero-order valence-corrected chi connectivity index (χ0v) is 14.6. The van der Waals surface area contributed by atoms with Gasteiger partial charge in [-0.1, -0.05) is 26.7 Å². The molecule has 6 nitrogen and oxygen atoms in total. The van der Waals surface area contributed by atoms with Crippen molar-refractivity contribution in [1.29, 1.82) is 0 Å². The summed E-state index contributed by atoms with van der Waals surface area (Å²) in [5, 5.41) is 11.9. The second-order valence-electron chi connectivity index (χ2n) is 6.83. The van der Waals surface area contributed by atoms with Crippen LogP contribution in [-0.2, 0) is 14.4 Å². The van der Waals surface area contributed by atoms with Gasteiger partial charge in [-0.3, -0.25) is 9.59 Å². The lowest BCUT2D eigenvalue weighted by Crippen LogP contribution is -2.52. The number of hydrogen-bond acceptors (Lipinski definition) is 4. The molecule has 2 rings (SSSR count). The van der Waals surface area contributed by atoms with Gasteiger partial charge < -0.3 is 15.3 Å². The first kappa shape index (κ1) is 18.1. The Balaban J connectivity index is 1.99. The van der Waals surface area contributed by atoms with Gasteiger partial charge >= 0.3 is 5.97 Å². The maximum atomic E-state index is 12.6. The van der Waals surface area contributed by atoms with Gasteiger partial charge in [-0.25, -0.2) is 4.79 Å². The minimum atomic E-state index is -1.02. The molecule has 2 aliphatic rings. The van der Waals surface area contributed by atoms with Crippen LogP contribution in [0.4, 0.5) is 0 Å². The molecule has 23 heavy (non-hydrogen) atoms. The number of thioether (sulfide) groups is 1. The SMILES string of the molecule is CC(C)C[C@@H](NC(=O)C1CSCN1C(=O)C1CCCC1)C(=O)O. The zero-order chi connectivity index (χ0) is 17.0. The second kappa shape index (κ2) is 8.04. The van der Waals surface area contributed by atoms with Crippen molar-refractivity contribution in [3.05, 3.63) is 0 Å². The largest absolute Gasteiger partial charge is 0.480 e. The summed E-state index contributed by atoms with van der Waals surface area (Å²) in [5.74, 6) is -0.0298. The van der Waals surface area contributed by atoms with E-state index < -0.39 is 18.1 Å². The minimum Gasteiger partial charge on any atom is -0.480 e. The predicted octanol–water partition coefficient (Wildman–Crippen LogP) is 1.69. The Morgan fingerprint density at radius 2 is 1.91 bits per heavy atom. The molecule has 1 heterocycles. The Bertz CT molecular complexity index is 463. The lowest BCUT2D eigenvalue weighted by Gasteiger charge is -2.27. The smallest absolute Gasteiger partial charge is 0.326 e. The first-order valence-electron chi connectivity index (χ1n) is 8.31. The average Bonchev–Trinajstić information content (AvgIpc) is 3.16. The summed E-state index contributed by atoms with van der Waals surface area (Å²) in [5.41, 5.74) is 0. The van der Waals surface area contributed by atoms with Crippen molar-refractivity contribution in [2.45, 2.75) is 58.0 Å². The molecule has 1 unspecified atom stereocenters. The van der Waals surface area contributed by atoms with Crippen molar-refractivity contribution in [1.82, 2.24) is 10.2 Å². The molecule has 130 valence electrons. The van der Waals surface area contributed by atoms with Crippen molar-refractivity contribution in [3.63, 3.8) is 0 Å². The molecular formula is C16H26N2O4S. The molecule has 2 fully saturated rings. The Morgan fingerprint density at radius 1 is 1.26 bits per heavy atom. The first-order valence-corrected chi connectivity index (χ1v) is 9.47. The number of carbonyl (C=O) groups is 3. The van der Waals surface area contributed by atoms with E-state index in [0.29, 0.717) is 18.1 Å². The van der Waals surface area contributed by atoms with Gasteiger partial charge in [-0.15, -0.1) is 11.8 Å². The van der Waals surface area contributed by atoms with Gasteiger partial charge in [0.2, 0.25) is 11.8 Å². The Labute approximate surface area is 141 Å². The van der Waals surface area contributed by atoms with Crippen molar-refractivity contribution in [2.24, 2.45) is 11.8 Å². The number of carbonyl (C=O) groups excluding carboxylic acids is 2. The number of rotatable bonds is 6. The van der Waals surface area contributed by atoms with Crippen LogP contribution in [-0.4, -0.2) is 51.5 Å². The van der Waals surface area contributed by atoms with E-state index in [1.165, 1.54) is 0 Å². The minimum absolute atomic E-state index is 0.0370. The molecule has 0 spiro atoms. The van der Waals surface area contributed by atoms with E-state index in [1.807, 2.05) is 13.8 Å². The van der Waals surface area contributed by atoms with Gasteiger partial charge in [0.1, 0.15) is 12.1 Å². The van der Waals surface area contributed by atoms with Crippen LogP contribution in [0.25, 0.3) is 0 Å². The number of nitrogens with zero attached hydrogens (tertiary/aromatic N) is 1. The van der Waals surface area contributed by atoms with E-state index in [9.17, 15) is 19.5 Å². The zero-order valence-electron chi connectivity index (χ0n) is 13.8. The molecule has 2 atom stereocenters. The van der Waals surface area contributed by atoms with E-state index in [4.69, 9.17) is 0 Å². The monoisotopic (exact) mass is 342 g/mol. The normalized spacial score (nSPS) is 23.3. The summed E-state index contributed by atoms with van der Waals surface area (Å²) in [7, 11) is 0. The molecule has 2 N–H and O–H groups in total. The average molecular weight is 342 g/mol. The van der Waals surface area contributed by atoms with Gasteiger partial charge in [0, 0.05) is 11.7 Å². The standard InChI is InChI=1S/C16H26N2O4S/c1-10(2)7-12(16(21)22)17-14(19)13-8-23-9-18(13)15(20)11-5-3-4-6-11/h10-13H,3-9H2,1-2H3,(H,17,19)(H,21,22)/t12-,13?/m1/s1. The highest BCUT2D eigenvalue weighted by atomic mass is 32.2. The highest BCUT2D eigenvalue weighted by Crippen LogP contribution is 2.30. The Hall–Kier alpha value is -1.24. The van der Waals surface area contributed by atoms with Crippen LogP contribution in [0.1, 0.15) is 46.0 Å². The van der Waals surface area contributed by atoms with Gasteiger partial charge in [0.05, 0.1) is 5.88 Å². The van der Waals surface area contributed by atoms with Crippen molar-refractivity contribution < 1.29 is 19.5 Å². The van der Waals surface area contributed by atoms with Gasteiger partial charge in [0.15, 0.2) is 0 Å². The summed E-state index contributed by atoms with van der Waals surface area (Å²) >= 11 is 1.55. The van der Waals surface area contributed by atoms with Crippen LogP contribution < -0.4 is 5.32 Å². The molecule has 0 bridgehead atoms. The molecule has 1 aliphatic carbocycles. The molecule has 0 aromatic heterocycles. The fourth-order valence-electron chi connectivity index (χ4n) is 3.25. The fraction of sp³-hybridized carbons (Fsp3) is 0.812. The molecule has 0 aromatic carbocycles. The highest BCUT2D eigenvalue weighted by molar-refractivity contribution is 7.99.